The molecule has 0 fully saturated rings. The molecule has 0 unspecified atom stereocenters. The first-order valence-corrected chi connectivity index (χ1v) is 6.95. The van der Waals surface area contributed by atoms with Crippen LogP contribution >= 0.6 is 11.3 Å². The van der Waals surface area contributed by atoms with Gasteiger partial charge in [0, 0.05) is 15.1 Å². The molecular weight excluding hydrogens is 297 g/mol. The molecule has 0 aliphatic heterocycles. The fraction of sp³-hybridized carbons (Fsp3) is 0.0625. The first-order valence-electron chi connectivity index (χ1n) is 6.14. The Morgan fingerprint density at radius 3 is 2.52 bits per heavy atom. The molecule has 0 amide bonds. The van der Waals surface area contributed by atoms with Crippen LogP contribution < -0.4 is 0 Å². The summed E-state index contributed by atoms with van der Waals surface area (Å²) >= 11 is 1.41. The zero-order chi connectivity index (χ0) is 15.0. The molecule has 106 valence electrons. The van der Waals surface area contributed by atoms with Crippen molar-refractivity contribution in [3.8, 4) is 10.4 Å². The van der Waals surface area contributed by atoms with Crippen molar-refractivity contribution in [1.82, 2.24) is 0 Å². The number of alkyl halides is 3. The van der Waals surface area contributed by atoms with Crippen LogP contribution in [0.1, 0.15) is 15.9 Å². The lowest BCUT2D eigenvalue weighted by molar-refractivity contribution is -0.137. The molecule has 0 saturated carbocycles. The maximum absolute atomic E-state index is 12.7. The molecule has 0 aliphatic rings. The summed E-state index contributed by atoms with van der Waals surface area (Å²) in [7, 11) is 0. The zero-order valence-corrected chi connectivity index (χ0v) is 11.5. The SMILES string of the molecule is O=Cc1cccc(-c2cc3cc(C(F)(F)F)ccc3s2)c1. The van der Waals surface area contributed by atoms with Gasteiger partial charge in [-0.1, -0.05) is 18.2 Å². The van der Waals surface area contributed by atoms with Crippen LogP contribution in [0.15, 0.2) is 48.5 Å². The summed E-state index contributed by atoms with van der Waals surface area (Å²) in [6.45, 7) is 0. The molecule has 1 nitrogen and oxygen atoms in total. The van der Waals surface area contributed by atoms with E-state index in [1.165, 1.54) is 17.4 Å². The Hall–Kier alpha value is -2.14. The third kappa shape index (κ3) is 2.69. The van der Waals surface area contributed by atoms with Crippen molar-refractivity contribution in [3.05, 3.63) is 59.7 Å². The zero-order valence-electron chi connectivity index (χ0n) is 10.6. The van der Waals surface area contributed by atoms with Gasteiger partial charge in [0.25, 0.3) is 0 Å². The monoisotopic (exact) mass is 306 g/mol. The highest BCUT2D eigenvalue weighted by Gasteiger charge is 2.30. The molecule has 3 aromatic rings. The molecule has 0 spiro atoms. The number of thiophene rings is 1. The van der Waals surface area contributed by atoms with Crippen molar-refractivity contribution in [3.63, 3.8) is 0 Å². The van der Waals surface area contributed by atoms with E-state index in [9.17, 15) is 18.0 Å². The topological polar surface area (TPSA) is 17.1 Å². The molecular formula is C16H9F3OS. The minimum absolute atomic E-state index is 0.543. The molecule has 0 atom stereocenters. The van der Waals surface area contributed by atoms with Gasteiger partial charge >= 0.3 is 6.18 Å². The number of benzene rings is 2. The Morgan fingerprint density at radius 1 is 1.00 bits per heavy atom. The number of hydrogen-bond acceptors (Lipinski definition) is 2. The summed E-state index contributed by atoms with van der Waals surface area (Å²) in [4.78, 5) is 11.6. The Kier molecular flexibility index (Phi) is 3.29. The Labute approximate surface area is 122 Å². The van der Waals surface area contributed by atoms with Gasteiger partial charge < -0.3 is 0 Å². The molecule has 21 heavy (non-hydrogen) atoms. The summed E-state index contributed by atoms with van der Waals surface area (Å²) in [5.41, 5.74) is 0.719. The van der Waals surface area contributed by atoms with Crippen LogP contribution in [-0.4, -0.2) is 6.29 Å². The summed E-state index contributed by atoms with van der Waals surface area (Å²) in [6.07, 6.45) is -3.59. The molecule has 0 bridgehead atoms. The second kappa shape index (κ2) is 5.00. The second-order valence-corrected chi connectivity index (χ2v) is 5.69. The lowest BCUT2D eigenvalue weighted by atomic mass is 10.1. The Morgan fingerprint density at radius 2 is 1.81 bits per heavy atom. The predicted octanol–water partition coefficient (Wildman–Crippen LogP) is 5.40. The molecule has 5 heteroatoms. The van der Waals surface area contributed by atoms with E-state index < -0.39 is 11.7 Å². The minimum Gasteiger partial charge on any atom is -0.298 e. The maximum Gasteiger partial charge on any atom is 0.416 e. The van der Waals surface area contributed by atoms with E-state index in [1.807, 2.05) is 6.07 Å². The van der Waals surface area contributed by atoms with Crippen molar-refractivity contribution in [2.24, 2.45) is 0 Å². The van der Waals surface area contributed by atoms with Crippen LogP contribution in [0.25, 0.3) is 20.5 Å². The first kappa shape index (κ1) is 13.8. The molecule has 1 aromatic heterocycles. The van der Waals surface area contributed by atoms with Crippen molar-refractivity contribution < 1.29 is 18.0 Å². The van der Waals surface area contributed by atoms with Gasteiger partial charge in [0.05, 0.1) is 5.56 Å². The van der Waals surface area contributed by atoms with Gasteiger partial charge in [0.2, 0.25) is 0 Å². The maximum atomic E-state index is 12.7. The van der Waals surface area contributed by atoms with E-state index in [2.05, 4.69) is 0 Å². The van der Waals surface area contributed by atoms with Crippen LogP contribution in [0.2, 0.25) is 0 Å². The molecule has 0 radical (unpaired) electrons. The number of rotatable bonds is 2. The van der Waals surface area contributed by atoms with Crippen molar-refractivity contribution >= 4 is 27.7 Å². The van der Waals surface area contributed by atoms with E-state index in [4.69, 9.17) is 0 Å². The highest BCUT2D eigenvalue weighted by atomic mass is 32.1. The molecule has 3 rings (SSSR count). The van der Waals surface area contributed by atoms with Crippen LogP contribution in [0, 0.1) is 0 Å². The van der Waals surface area contributed by atoms with E-state index in [1.54, 1.807) is 24.3 Å². The number of hydrogen-bond donors (Lipinski definition) is 0. The van der Waals surface area contributed by atoms with Crippen LogP contribution in [0.5, 0.6) is 0 Å². The van der Waals surface area contributed by atoms with E-state index >= 15 is 0 Å². The molecule has 1 heterocycles. The molecule has 0 aliphatic carbocycles. The number of halogens is 3. The van der Waals surface area contributed by atoms with Gasteiger partial charge in [-0.05, 0) is 41.3 Å². The third-order valence-corrected chi connectivity index (χ3v) is 4.32. The largest absolute Gasteiger partial charge is 0.416 e. The Bertz CT molecular complexity index is 818. The van der Waals surface area contributed by atoms with Gasteiger partial charge in [-0.3, -0.25) is 4.79 Å². The quantitative estimate of drug-likeness (QED) is 0.579. The summed E-state index contributed by atoms with van der Waals surface area (Å²) in [5, 5.41) is 0.557. The van der Waals surface area contributed by atoms with Crippen LogP contribution in [0.4, 0.5) is 13.2 Å². The van der Waals surface area contributed by atoms with Gasteiger partial charge in [0.1, 0.15) is 6.29 Å². The van der Waals surface area contributed by atoms with Gasteiger partial charge in [0.15, 0.2) is 0 Å². The molecule has 2 aromatic carbocycles. The van der Waals surface area contributed by atoms with Gasteiger partial charge in [-0.2, -0.15) is 13.2 Å². The number of fused-ring (bicyclic) bond motifs is 1. The molecule has 0 N–H and O–H groups in total. The highest BCUT2D eigenvalue weighted by Crippen LogP contribution is 2.37. The van der Waals surface area contributed by atoms with E-state index in [-0.39, 0.29) is 0 Å². The lowest BCUT2D eigenvalue weighted by Crippen LogP contribution is -2.03. The van der Waals surface area contributed by atoms with E-state index in [0.717, 1.165) is 33.6 Å². The van der Waals surface area contributed by atoms with Gasteiger partial charge in [-0.25, -0.2) is 0 Å². The normalized spacial score (nSPS) is 11.8. The second-order valence-electron chi connectivity index (χ2n) is 4.60. The average Bonchev–Trinajstić information content (AvgIpc) is 2.89. The summed E-state index contributed by atoms with van der Waals surface area (Å²) in [6, 6.07) is 12.4. The van der Waals surface area contributed by atoms with Crippen molar-refractivity contribution in [1.29, 1.82) is 0 Å². The van der Waals surface area contributed by atoms with Crippen LogP contribution in [-0.2, 0) is 6.18 Å². The van der Waals surface area contributed by atoms with E-state index in [0.29, 0.717) is 10.9 Å². The number of aldehydes is 1. The molecule has 0 saturated heterocycles. The first-order chi connectivity index (χ1) is 9.97. The smallest absolute Gasteiger partial charge is 0.298 e. The summed E-state index contributed by atoms with van der Waals surface area (Å²) in [5.74, 6) is 0. The number of carbonyl (C=O) groups excluding carboxylic acids is 1. The Balaban J connectivity index is 2.10. The minimum atomic E-state index is -4.34. The van der Waals surface area contributed by atoms with Gasteiger partial charge in [-0.15, -0.1) is 11.3 Å². The fourth-order valence-electron chi connectivity index (χ4n) is 2.13. The number of carbonyl (C=O) groups is 1. The average molecular weight is 306 g/mol. The third-order valence-electron chi connectivity index (χ3n) is 3.15. The van der Waals surface area contributed by atoms with Crippen LogP contribution in [0.3, 0.4) is 0 Å². The lowest BCUT2D eigenvalue weighted by Gasteiger charge is -2.05. The predicted molar refractivity (Wildman–Crippen MR) is 77.7 cm³/mol. The standard InChI is InChI=1S/C16H9F3OS/c17-16(18,19)13-4-5-14-12(7-13)8-15(21-14)11-3-1-2-10(6-11)9-20/h1-9H. The highest BCUT2D eigenvalue weighted by molar-refractivity contribution is 7.22. The summed E-state index contributed by atoms with van der Waals surface area (Å²) < 4.78 is 38.9. The van der Waals surface area contributed by atoms with Crippen molar-refractivity contribution in [2.45, 2.75) is 6.18 Å². The van der Waals surface area contributed by atoms with Crippen molar-refractivity contribution in [2.75, 3.05) is 0 Å². The fourth-order valence-corrected chi connectivity index (χ4v) is 3.17.